The van der Waals surface area contributed by atoms with Crippen LogP contribution < -0.4 is 5.32 Å². The molecule has 0 saturated carbocycles. The average Bonchev–Trinajstić information content (AvgIpc) is 2.79. The zero-order valence-corrected chi connectivity index (χ0v) is 11.3. The SMILES string of the molecule is CNCCCc1cnc(-c2ccccc2Br)o1. The van der Waals surface area contributed by atoms with E-state index < -0.39 is 0 Å². The van der Waals surface area contributed by atoms with Crippen molar-refractivity contribution in [2.24, 2.45) is 0 Å². The van der Waals surface area contributed by atoms with Gasteiger partial charge in [0.15, 0.2) is 0 Å². The van der Waals surface area contributed by atoms with Crippen LogP contribution in [0.4, 0.5) is 0 Å². The molecule has 1 N–H and O–H groups in total. The molecule has 90 valence electrons. The number of nitrogens with one attached hydrogen (secondary N) is 1. The van der Waals surface area contributed by atoms with E-state index in [0.29, 0.717) is 5.89 Å². The second kappa shape index (κ2) is 5.98. The number of rotatable bonds is 5. The summed E-state index contributed by atoms with van der Waals surface area (Å²) in [5.41, 5.74) is 0.993. The summed E-state index contributed by atoms with van der Waals surface area (Å²) in [4.78, 5) is 4.31. The number of aryl methyl sites for hydroxylation is 1. The van der Waals surface area contributed by atoms with Crippen molar-refractivity contribution in [3.05, 3.63) is 40.7 Å². The van der Waals surface area contributed by atoms with Crippen molar-refractivity contribution in [2.75, 3.05) is 13.6 Å². The summed E-state index contributed by atoms with van der Waals surface area (Å²) in [7, 11) is 1.95. The van der Waals surface area contributed by atoms with Crippen LogP contribution in [0.1, 0.15) is 12.2 Å². The fourth-order valence-electron chi connectivity index (χ4n) is 1.62. The van der Waals surface area contributed by atoms with Crippen LogP contribution in [-0.2, 0) is 6.42 Å². The lowest BCUT2D eigenvalue weighted by atomic mass is 10.2. The van der Waals surface area contributed by atoms with Crippen LogP contribution >= 0.6 is 15.9 Å². The molecule has 0 aliphatic rings. The first-order valence-electron chi connectivity index (χ1n) is 5.65. The second-order valence-corrected chi connectivity index (χ2v) is 4.67. The molecule has 0 unspecified atom stereocenters. The Labute approximate surface area is 109 Å². The standard InChI is InChI=1S/C13H15BrN2O/c1-15-8-4-5-10-9-16-13(17-10)11-6-2-3-7-12(11)14/h2-3,6-7,9,15H,4-5,8H2,1H3. The second-order valence-electron chi connectivity index (χ2n) is 3.82. The number of nitrogens with zero attached hydrogens (tertiary/aromatic N) is 1. The number of hydrogen-bond acceptors (Lipinski definition) is 3. The highest BCUT2D eigenvalue weighted by atomic mass is 79.9. The van der Waals surface area contributed by atoms with Crippen LogP contribution in [0, 0.1) is 0 Å². The van der Waals surface area contributed by atoms with Crippen LogP contribution in [0.3, 0.4) is 0 Å². The maximum absolute atomic E-state index is 5.73. The Morgan fingerprint density at radius 3 is 2.94 bits per heavy atom. The van der Waals surface area contributed by atoms with Gasteiger partial charge < -0.3 is 9.73 Å². The Hall–Kier alpha value is -1.13. The van der Waals surface area contributed by atoms with Gasteiger partial charge in [0.2, 0.25) is 5.89 Å². The number of benzene rings is 1. The molecule has 1 aromatic heterocycles. The van der Waals surface area contributed by atoms with Crippen LogP contribution in [-0.4, -0.2) is 18.6 Å². The Morgan fingerprint density at radius 2 is 2.18 bits per heavy atom. The van der Waals surface area contributed by atoms with Gasteiger partial charge in [-0.3, -0.25) is 0 Å². The predicted molar refractivity (Wildman–Crippen MR) is 71.9 cm³/mol. The maximum Gasteiger partial charge on any atom is 0.227 e. The summed E-state index contributed by atoms with van der Waals surface area (Å²) in [5, 5.41) is 3.12. The lowest BCUT2D eigenvalue weighted by molar-refractivity contribution is 0.507. The normalized spacial score (nSPS) is 10.7. The monoisotopic (exact) mass is 294 g/mol. The number of hydrogen-bond donors (Lipinski definition) is 1. The van der Waals surface area contributed by atoms with Crippen molar-refractivity contribution in [1.29, 1.82) is 0 Å². The smallest absolute Gasteiger partial charge is 0.227 e. The highest BCUT2D eigenvalue weighted by molar-refractivity contribution is 9.10. The molecule has 17 heavy (non-hydrogen) atoms. The largest absolute Gasteiger partial charge is 0.441 e. The van der Waals surface area contributed by atoms with E-state index in [-0.39, 0.29) is 0 Å². The van der Waals surface area contributed by atoms with Gasteiger partial charge in [0.25, 0.3) is 0 Å². The summed E-state index contributed by atoms with van der Waals surface area (Å²) in [6, 6.07) is 7.93. The van der Waals surface area contributed by atoms with Crippen LogP contribution in [0.5, 0.6) is 0 Å². The van der Waals surface area contributed by atoms with E-state index >= 15 is 0 Å². The van der Waals surface area contributed by atoms with Gasteiger partial charge in [-0.2, -0.15) is 0 Å². The summed E-state index contributed by atoms with van der Waals surface area (Å²) < 4.78 is 6.73. The number of aromatic nitrogens is 1. The van der Waals surface area contributed by atoms with Gasteiger partial charge in [0.1, 0.15) is 5.76 Å². The molecular formula is C13H15BrN2O. The van der Waals surface area contributed by atoms with Crippen molar-refractivity contribution < 1.29 is 4.42 Å². The zero-order chi connectivity index (χ0) is 12.1. The molecule has 0 radical (unpaired) electrons. The zero-order valence-electron chi connectivity index (χ0n) is 9.74. The molecule has 0 fully saturated rings. The molecule has 2 rings (SSSR count). The molecule has 0 spiro atoms. The van der Waals surface area contributed by atoms with E-state index in [0.717, 1.165) is 35.2 Å². The quantitative estimate of drug-likeness (QED) is 0.860. The van der Waals surface area contributed by atoms with Gasteiger partial charge in [-0.1, -0.05) is 12.1 Å². The minimum Gasteiger partial charge on any atom is -0.441 e. The minimum absolute atomic E-state index is 0.678. The summed E-state index contributed by atoms with van der Waals surface area (Å²) in [6.45, 7) is 0.991. The van der Waals surface area contributed by atoms with E-state index in [2.05, 4.69) is 26.2 Å². The van der Waals surface area contributed by atoms with Gasteiger partial charge in [-0.15, -0.1) is 0 Å². The molecule has 1 aromatic carbocycles. The molecule has 0 atom stereocenters. The topological polar surface area (TPSA) is 38.1 Å². The van der Waals surface area contributed by atoms with E-state index in [9.17, 15) is 0 Å². The summed E-state index contributed by atoms with van der Waals surface area (Å²) in [5.74, 6) is 1.61. The van der Waals surface area contributed by atoms with Gasteiger partial charge in [-0.25, -0.2) is 4.98 Å². The number of oxazole rings is 1. The van der Waals surface area contributed by atoms with Crippen LogP contribution in [0.25, 0.3) is 11.5 Å². The van der Waals surface area contributed by atoms with Crippen molar-refractivity contribution >= 4 is 15.9 Å². The third kappa shape index (κ3) is 3.17. The molecular weight excluding hydrogens is 280 g/mol. The lowest BCUT2D eigenvalue weighted by Crippen LogP contribution is -2.08. The molecule has 0 aliphatic carbocycles. The first-order chi connectivity index (χ1) is 8.31. The summed E-state index contributed by atoms with van der Waals surface area (Å²) >= 11 is 3.50. The minimum atomic E-state index is 0.678. The van der Waals surface area contributed by atoms with Crippen molar-refractivity contribution in [3.63, 3.8) is 0 Å². The Bertz CT molecular complexity index is 482. The first kappa shape index (κ1) is 12.3. The van der Waals surface area contributed by atoms with Crippen molar-refractivity contribution in [1.82, 2.24) is 10.3 Å². The van der Waals surface area contributed by atoms with Gasteiger partial charge in [-0.05, 0) is 48.1 Å². The molecule has 1 heterocycles. The molecule has 0 aliphatic heterocycles. The van der Waals surface area contributed by atoms with Crippen LogP contribution in [0.15, 0.2) is 39.4 Å². The third-order valence-electron chi connectivity index (χ3n) is 2.51. The molecule has 3 nitrogen and oxygen atoms in total. The lowest BCUT2D eigenvalue weighted by Gasteiger charge is -1.99. The van der Waals surface area contributed by atoms with E-state index in [1.54, 1.807) is 0 Å². The van der Waals surface area contributed by atoms with E-state index in [4.69, 9.17) is 4.42 Å². The molecule has 4 heteroatoms. The van der Waals surface area contributed by atoms with E-state index in [1.807, 2.05) is 37.5 Å². The first-order valence-corrected chi connectivity index (χ1v) is 6.45. The van der Waals surface area contributed by atoms with Crippen molar-refractivity contribution in [3.8, 4) is 11.5 Å². The average molecular weight is 295 g/mol. The maximum atomic E-state index is 5.73. The van der Waals surface area contributed by atoms with Crippen LogP contribution in [0.2, 0.25) is 0 Å². The fourth-order valence-corrected chi connectivity index (χ4v) is 2.08. The summed E-state index contributed by atoms with van der Waals surface area (Å²) in [6.07, 6.45) is 3.78. The van der Waals surface area contributed by atoms with Gasteiger partial charge in [0, 0.05) is 10.9 Å². The molecule has 2 aromatic rings. The van der Waals surface area contributed by atoms with Gasteiger partial charge >= 0.3 is 0 Å². The Kier molecular flexibility index (Phi) is 4.34. The third-order valence-corrected chi connectivity index (χ3v) is 3.20. The molecule has 0 amide bonds. The Balaban J connectivity index is 2.10. The Morgan fingerprint density at radius 1 is 1.35 bits per heavy atom. The van der Waals surface area contributed by atoms with Crippen molar-refractivity contribution in [2.45, 2.75) is 12.8 Å². The highest BCUT2D eigenvalue weighted by Crippen LogP contribution is 2.27. The highest BCUT2D eigenvalue weighted by Gasteiger charge is 2.08. The van der Waals surface area contributed by atoms with Gasteiger partial charge in [0.05, 0.1) is 11.8 Å². The molecule has 0 bridgehead atoms. The predicted octanol–water partition coefficient (Wildman–Crippen LogP) is 3.26. The molecule has 0 saturated heterocycles. The number of halogens is 1. The fraction of sp³-hybridized carbons (Fsp3) is 0.308. The van der Waals surface area contributed by atoms with E-state index in [1.165, 1.54) is 0 Å².